The SMILES string of the molecule is Cc1ccc(CC(=O)N2CCC(Cc3cc(F)cc(F)c3)CC2)nn1. The number of carbonyl (C=O) groups is 1. The molecule has 1 fully saturated rings. The molecular formula is C19H21F2N3O. The highest BCUT2D eigenvalue weighted by molar-refractivity contribution is 5.78. The van der Waals surface area contributed by atoms with Crippen molar-refractivity contribution in [3.8, 4) is 0 Å². The van der Waals surface area contributed by atoms with E-state index in [2.05, 4.69) is 10.2 Å². The monoisotopic (exact) mass is 345 g/mol. The van der Waals surface area contributed by atoms with Crippen LogP contribution in [0.3, 0.4) is 0 Å². The maximum Gasteiger partial charge on any atom is 0.228 e. The minimum Gasteiger partial charge on any atom is -0.342 e. The first-order valence-corrected chi connectivity index (χ1v) is 8.51. The zero-order valence-electron chi connectivity index (χ0n) is 14.2. The van der Waals surface area contributed by atoms with Gasteiger partial charge in [0, 0.05) is 19.2 Å². The van der Waals surface area contributed by atoms with Crippen LogP contribution < -0.4 is 0 Å². The topological polar surface area (TPSA) is 46.1 Å². The summed E-state index contributed by atoms with van der Waals surface area (Å²) in [6, 6.07) is 7.33. The van der Waals surface area contributed by atoms with Crippen LogP contribution in [0.25, 0.3) is 0 Å². The molecule has 0 atom stereocenters. The van der Waals surface area contributed by atoms with Gasteiger partial charge in [0.15, 0.2) is 0 Å². The highest BCUT2D eigenvalue weighted by Crippen LogP contribution is 2.23. The summed E-state index contributed by atoms with van der Waals surface area (Å²) in [7, 11) is 0. The Hall–Kier alpha value is -2.37. The van der Waals surface area contributed by atoms with Gasteiger partial charge in [-0.15, -0.1) is 0 Å². The van der Waals surface area contributed by atoms with E-state index in [0.717, 1.165) is 24.6 Å². The summed E-state index contributed by atoms with van der Waals surface area (Å²) in [5.41, 5.74) is 2.18. The van der Waals surface area contributed by atoms with E-state index >= 15 is 0 Å². The second-order valence-corrected chi connectivity index (χ2v) is 6.65. The Morgan fingerprint density at radius 3 is 2.40 bits per heavy atom. The Labute approximate surface area is 145 Å². The summed E-state index contributed by atoms with van der Waals surface area (Å²) in [4.78, 5) is 14.2. The molecule has 0 N–H and O–H groups in total. The molecule has 1 aromatic carbocycles. The first-order valence-electron chi connectivity index (χ1n) is 8.51. The fourth-order valence-electron chi connectivity index (χ4n) is 3.24. The molecule has 0 bridgehead atoms. The van der Waals surface area contributed by atoms with Gasteiger partial charge in [-0.25, -0.2) is 8.78 Å². The number of aryl methyl sites for hydroxylation is 1. The van der Waals surface area contributed by atoms with Crippen molar-refractivity contribution in [2.75, 3.05) is 13.1 Å². The number of benzene rings is 1. The van der Waals surface area contributed by atoms with Crippen LogP contribution >= 0.6 is 0 Å². The van der Waals surface area contributed by atoms with Crippen molar-refractivity contribution in [3.05, 3.63) is 58.9 Å². The molecule has 4 nitrogen and oxygen atoms in total. The summed E-state index contributed by atoms with van der Waals surface area (Å²) in [6.45, 7) is 3.19. The molecule has 1 saturated heterocycles. The van der Waals surface area contributed by atoms with Crippen LogP contribution in [0, 0.1) is 24.5 Å². The number of amides is 1. The Morgan fingerprint density at radius 2 is 1.80 bits per heavy atom. The van der Waals surface area contributed by atoms with Crippen molar-refractivity contribution in [2.45, 2.75) is 32.6 Å². The van der Waals surface area contributed by atoms with Gasteiger partial charge in [-0.1, -0.05) is 0 Å². The molecule has 0 unspecified atom stereocenters. The average molecular weight is 345 g/mol. The Morgan fingerprint density at radius 1 is 1.12 bits per heavy atom. The molecule has 132 valence electrons. The summed E-state index contributed by atoms with van der Waals surface area (Å²) in [5, 5.41) is 8.00. The zero-order chi connectivity index (χ0) is 17.8. The van der Waals surface area contributed by atoms with Crippen molar-refractivity contribution >= 4 is 5.91 Å². The first kappa shape index (κ1) is 17.5. The number of rotatable bonds is 4. The van der Waals surface area contributed by atoms with Crippen LogP contribution in [0.15, 0.2) is 30.3 Å². The molecule has 1 amide bonds. The van der Waals surface area contributed by atoms with Crippen LogP contribution in [0.2, 0.25) is 0 Å². The molecule has 25 heavy (non-hydrogen) atoms. The van der Waals surface area contributed by atoms with Crippen molar-refractivity contribution < 1.29 is 13.6 Å². The minimum absolute atomic E-state index is 0.0494. The molecule has 0 saturated carbocycles. The average Bonchev–Trinajstić information content (AvgIpc) is 2.56. The molecule has 1 aliphatic rings. The molecule has 2 aromatic rings. The summed E-state index contributed by atoms with van der Waals surface area (Å²) in [5.74, 6) is -0.693. The van der Waals surface area contributed by atoms with Crippen molar-refractivity contribution in [1.29, 1.82) is 0 Å². The smallest absolute Gasteiger partial charge is 0.228 e. The molecule has 1 aromatic heterocycles. The second-order valence-electron chi connectivity index (χ2n) is 6.65. The molecule has 6 heteroatoms. The van der Waals surface area contributed by atoms with Gasteiger partial charge in [0.2, 0.25) is 5.91 Å². The lowest BCUT2D eigenvalue weighted by Crippen LogP contribution is -2.39. The molecule has 2 heterocycles. The van der Waals surface area contributed by atoms with Crippen molar-refractivity contribution in [3.63, 3.8) is 0 Å². The van der Waals surface area contributed by atoms with E-state index in [-0.39, 0.29) is 12.3 Å². The maximum absolute atomic E-state index is 13.3. The largest absolute Gasteiger partial charge is 0.342 e. The van der Waals surface area contributed by atoms with Gasteiger partial charge in [0.25, 0.3) is 0 Å². The number of likely N-dealkylation sites (tertiary alicyclic amines) is 1. The van der Waals surface area contributed by atoms with Crippen LogP contribution in [-0.4, -0.2) is 34.1 Å². The standard InChI is InChI=1S/C19H21F2N3O/c1-13-2-3-18(23-22-13)12-19(25)24-6-4-14(5-7-24)8-15-9-16(20)11-17(21)10-15/h2-3,9-11,14H,4-8,12H2,1H3. The van der Waals surface area contributed by atoms with E-state index in [9.17, 15) is 13.6 Å². The van der Waals surface area contributed by atoms with Gasteiger partial charge in [0.1, 0.15) is 11.6 Å². The predicted octanol–water partition coefficient (Wildman–Crippen LogP) is 3.09. The molecule has 1 aliphatic heterocycles. The minimum atomic E-state index is -0.540. The lowest BCUT2D eigenvalue weighted by atomic mass is 9.90. The Kier molecular flexibility index (Phi) is 5.36. The van der Waals surface area contributed by atoms with Crippen molar-refractivity contribution in [2.24, 2.45) is 5.92 Å². The molecule has 3 rings (SSSR count). The van der Waals surface area contributed by atoms with Gasteiger partial charge in [-0.2, -0.15) is 10.2 Å². The first-order chi connectivity index (χ1) is 12.0. The third-order valence-electron chi connectivity index (χ3n) is 4.60. The van der Waals surface area contributed by atoms with Crippen LogP contribution in [0.5, 0.6) is 0 Å². The van der Waals surface area contributed by atoms with Gasteiger partial charge < -0.3 is 4.90 Å². The van der Waals surface area contributed by atoms with E-state index in [0.29, 0.717) is 36.7 Å². The van der Waals surface area contributed by atoms with E-state index in [1.807, 2.05) is 24.0 Å². The van der Waals surface area contributed by atoms with Crippen LogP contribution in [0.4, 0.5) is 8.78 Å². The van der Waals surface area contributed by atoms with Gasteiger partial charge in [-0.05, 0) is 61.9 Å². The molecule has 0 radical (unpaired) electrons. The van der Waals surface area contributed by atoms with Crippen LogP contribution in [-0.2, 0) is 17.6 Å². The number of hydrogen-bond donors (Lipinski definition) is 0. The lowest BCUT2D eigenvalue weighted by Gasteiger charge is -2.32. The van der Waals surface area contributed by atoms with Crippen LogP contribution in [0.1, 0.15) is 29.8 Å². The quantitative estimate of drug-likeness (QED) is 0.855. The third kappa shape index (κ3) is 4.81. The fourth-order valence-corrected chi connectivity index (χ4v) is 3.24. The zero-order valence-corrected chi connectivity index (χ0v) is 14.2. The van der Waals surface area contributed by atoms with E-state index in [4.69, 9.17) is 0 Å². The number of hydrogen-bond acceptors (Lipinski definition) is 3. The Balaban J connectivity index is 1.51. The number of piperidine rings is 1. The third-order valence-corrected chi connectivity index (χ3v) is 4.60. The number of halogens is 2. The maximum atomic E-state index is 13.3. The van der Waals surface area contributed by atoms with Gasteiger partial charge in [0.05, 0.1) is 17.8 Å². The lowest BCUT2D eigenvalue weighted by molar-refractivity contribution is -0.131. The van der Waals surface area contributed by atoms with E-state index < -0.39 is 11.6 Å². The molecule has 0 aliphatic carbocycles. The fraction of sp³-hybridized carbons (Fsp3) is 0.421. The number of nitrogens with zero attached hydrogens (tertiary/aromatic N) is 3. The predicted molar refractivity (Wildman–Crippen MR) is 89.8 cm³/mol. The summed E-state index contributed by atoms with van der Waals surface area (Å²) < 4.78 is 26.6. The normalized spacial score (nSPS) is 15.4. The summed E-state index contributed by atoms with van der Waals surface area (Å²) in [6.07, 6.45) is 2.57. The number of carbonyl (C=O) groups excluding carboxylic acids is 1. The second kappa shape index (κ2) is 7.68. The van der Waals surface area contributed by atoms with E-state index in [1.54, 1.807) is 0 Å². The summed E-state index contributed by atoms with van der Waals surface area (Å²) >= 11 is 0. The van der Waals surface area contributed by atoms with Gasteiger partial charge >= 0.3 is 0 Å². The molecular weight excluding hydrogens is 324 g/mol. The molecule has 0 spiro atoms. The van der Waals surface area contributed by atoms with E-state index in [1.165, 1.54) is 12.1 Å². The highest BCUT2D eigenvalue weighted by atomic mass is 19.1. The highest BCUT2D eigenvalue weighted by Gasteiger charge is 2.23. The Bertz CT molecular complexity index is 721. The van der Waals surface area contributed by atoms with Crippen molar-refractivity contribution in [1.82, 2.24) is 15.1 Å². The number of aromatic nitrogens is 2. The van der Waals surface area contributed by atoms with Gasteiger partial charge in [-0.3, -0.25) is 4.79 Å².